The van der Waals surface area contributed by atoms with Crippen molar-refractivity contribution in [2.24, 2.45) is 0 Å². The Bertz CT molecular complexity index is 1290. The molecule has 1 saturated heterocycles. The van der Waals surface area contributed by atoms with Gasteiger partial charge in [0.2, 0.25) is 0 Å². The molecular weight excluding hydrogens is 526 g/mol. The van der Waals surface area contributed by atoms with Crippen molar-refractivity contribution < 1.29 is 9.53 Å². The second-order valence-electron chi connectivity index (χ2n) is 8.99. The van der Waals surface area contributed by atoms with Crippen LogP contribution >= 0.6 is 38.6 Å². The minimum atomic E-state index is -0.473. The number of thiazole rings is 2. The van der Waals surface area contributed by atoms with Crippen LogP contribution in [-0.4, -0.2) is 67.1 Å². The van der Waals surface area contributed by atoms with Gasteiger partial charge in [-0.05, 0) is 49.5 Å². The van der Waals surface area contributed by atoms with Gasteiger partial charge in [0.1, 0.15) is 20.9 Å². The van der Waals surface area contributed by atoms with Gasteiger partial charge < -0.3 is 14.5 Å². The van der Waals surface area contributed by atoms with Gasteiger partial charge in [0.25, 0.3) is 0 Å². The van der Waals surface area contributed by atoms with Gasteiger partial charge in [0.15, 0.2) is 20.4 Å². The van der Waals surface area contributed by atoms with E-state index in [1.807, 2.05) is 31.4 Å². The Hall–Kier alpha value is -2.31. The number of rotatable bonds is 3. The van der Waals surface area contributed by atoms with E-state index in [1.165, 1.54) is 0 Å². The van der Waals surface area contributed by atoms with Crippen LogP contribution in [0.3, 0.4) is 0 Å². The van der Waals surface area contributed by atoms with E-state index in [1.54, 1.807) is 40.0 Å². The van der Waals surface area contributed by atoms with Crippen LogP contribution in [0.2, 0.25) is 0 Å². The summed E-state index contributed by atoms with van der Waals surface area (Å²) in [6.45, 7) is 7.05. The maximum absolute atomic E-state index is 12.3. The molecule has 4 aromatic heterocycles. The van der Waals surface area contributed by atoms with E-state index in [9.17, 15) is 4.79 Å². The number of amides is 1. The quantitative estimate of drug-likeness (QED) is 0.352. The minimum absolute atomic E-state index is 0.232. The molecule has 4 aromatic rings. The van der Waals surface area contributed by atoms with Crippen molar-refractivity contribution in [2.75, 3.05) is 25.0 Å². The molecule has 1 aliphatic heterocycles. The number of halogens is 1. The number of fused-ring (bicyclic) bond motifs is 2. The number of imidazole rings is 1. The highest BCUT2D eigenvalue weighted by Gasteiger charge is 2.29. The first-order valence-corrected chi connectivity index (χ1v) is 13.1. The molecule has 0 unspecified atom stereocenters. The third-order valence-corrected chi connectivity index (χ3v) is 8.23. The van der Waals surface area contributed by atoms with Crippen molar-refractivity contribution in [2.45, 2.75) is 45.3 Å². The molecule has 0 N–H and O–H groups in total. The number of piperidine rings is 1. The summed E-state index contributed by atoms with van der Waals surface area (Å²) in [5, 5.41) is 1.82. The number of hydrogen-bond donors (Lipinski definition) is 0. The highest BCUT2D eigenvalue weighted by molar-refractivity contribution is 9.10. The fourth-order valence-corrected chi connectivity index (χ4v) is 6.33. The molecule has 1 aliphatic rings. The molecule has 0 atom stereocenters. The number of anilines is 1. The van der Waals surface area contributed by atoms with E-state index in [-0.39, 0.29) is 6.09 Å². The highest BCUT2D eigenvalue weighted by Crippen LogP contribution is 2.37. The van der Waals surface area contributed by atoms with Crippen molar-refractivity contribution in [3.8, 4) is 10.7 Å². The lowest BCUT2D eigenvalue weighted by Gasteiger charge is -2.37. The zero-order valence-corrected chi connectivity index (χ0v) is 22.0. The smallest absolute Gasteiger partial charge is 0.410 e. The van der Waals surface area contributed by atoms with E-state index in [2.05, 4.69) is 37.8 Å². The fourth-order valence-electron chi connectivity index (χ4n) is 3.86. The predicted octanol–water partition coefficient (Wildman–Crippen LogP) is 5.06. The number of hydrogen-bond acceptors (Lipinski definition) is 9. The van der Waals surface area contributed by atoms with Crippen LogP contribution in [0.5, 0.6) is 0 Å². The Labute approximate surface area is 207 Å². The van der Waals surface area contributed by atoms with Gasteiger partial charge in [-0.25, -0.2) is 24.7 Å². The third kappa shape index (κ3) is 4.43. The molecule has 1 amide bonds. The van der Waals surface area contributed by atoms with Gasteiger partial charge in [0.05, 0.1) is 6.20 Å². The van der Waals surface area contributed by atoms with Crippen LogP contribution in [-0.2, 0) is 4.74 Å². The summed E-state index contributed by atoms with van der Waals surface area (Å²) >= 11 is 6.59. The van der Waals surface area contributed by atoms with E-state index in [0.717, 1.165) is 44.0 Å². The lowest BCUT2D eigenvalue weighted by molar-refractivity contribution is 0.0205. The molecule has 0 bridgehead atoms. The Morgan fingerprint density at radius 1 is 1.18 bits per heavy atom. The molecule has 0 saturated carbocycles. The molecule has 5 heterocycles. The number of carbonyl (C=O) groups is 1. The van der Waals surface area contributed by atoms with E-state index >= 15 is 0 Å². The Kier molecular flexibility index (Phi) is 5.78. The van der Waals surface area contributed by atoms with Gasteiger partial charge in [-0.2, -0.15) is 0 Å². The van der Waals surface area contributed by atoms with Crippen LogP contribution in [0.15, 0.2) is 23.2 Å². The number of likely N-dealkylation sites (tertiary alicyclic amines) is 1. The highest BCUT2D eigenvalue weighted by atomic mass is 79.9. The summed E-state index contributed by atoms with van der Waals surface area (Å²) < 4.78 is 8.19. The van der Waals surface area contributed by atoms with Crippen molar-refractivity contribution in [1.29, 1.82) is 0 Å². The zero-order chi connectivity index (χ0) is 23.3. The topological polar surface area (TPSA) is 88.8 Å². The summed E-state index contributed by atoms with van der Waals surface area (Å²) in [7, 11) is 2.07. The maximum Gasteiger partial charge on any atom is 0.410 e. The van der Waals surface area contributed by atoms with E-state index in [0.29, 0.717) is 23.7 Å². The van der Waals surface area contributed by atoms with E-state index in [4.69, 9.17) is 14.7 Å². The molecular formula is C21H24BrN7O2S2. The van der Waals surface area contributed by atoms with Gasteiger partial charge >= 0.3 is 6.09 Å². The lowest BCUT2D eigenvalue weighted by atomic mass is 10.0. The summed E-state index contributed by atoms with van der Waals surface area (Å²) in [5.74, 6) is 0. The molecule has 0 spiro atoms. The second-order valence-corrected chi connectivity index (χ2v) is 11.7. The largest absolute Gasteiger partial charge is 0.444 e. The molecule has 9 nitrogen and oxygen atoms in total. The maximum atomic E-state index is 12.3. The van der Waals surface area contributed by atoms with Crippen LogP contribution in [0, 0.1) is 0 Å². The molecule has 5 rings (SSSR count). The van der Waals surface area contributed by atoms with Crippen LogP contribution < -0.4 is 4.90 Å². The second kappa shape index (κ2) is 8.48. The van der Waals surface area contributed by atoms with Gasteiger partial charge in [-0.15, -0.1) is 0 Å². The first-order valence-electron chi connectivity index (χ1n) is 10.7. The zero-order valence-electron chi connectivity index (χ0n) is 18.8. The van der Waals surface area contributed by atoms with Crippen molar-refractivity contribution >= 4 is 65.1 Å². The Morgan fingerprint density at radius 2 is 1.91 bits per heavy atom. The van der Waals surface area contributed by atoms with E-state index < -0.39 is 5.60 Å². The SMILES string of the molecule is CN(c1nc2sc(-c3cnc(Br)c4nccn34)nc2s1)C1CCN(C(=O)OC(C)(C)C)CC1. The monoisotopic (exact) mass is 549 g/mol. The van der Waals surface area contributed by atoms with Gasteiger partial charge in [-0.1, -0.05) is 22.7 Å². The molecule has 1 fully saturated rings. The number of aromatic nitrogens is 5. The first kappa shape index (κ1) is 22.5. The summed E-state index contributed by atoms with van der Waals surface area (Å²) in [5.41, 5.74) is 1.18. The molecule has 33 heavy (non-hydrogen) atoms. The number of ether oxygens (including phenoxy) is 1. The molecule has 0 radical (unpaired) electrons. The lowest BCUT2D eigenvalue weighted by Crippen LogP contribution is -2.47. The molecule has 0 aromatic carbocycles. The van der Waals surface area contributed by atoms with Crippen molar-refractivity contribution in [3.05, 3.63) is 23.2 Å². The normalized spacial score (nSPS) is 15.5. The Balaban J connectivity index is 1.29. The molecule has 0 aliphatic carbocycles. The molecule has 174 valence electrons. The third-order valence-electron chi connectivity index (χ3n) is 5.53. The Morgan fingerprint density at radius 3 is 2.61 bits per heavy atom. The minimum Gasteiger partial charge on any atom is -0.444 e. The summed E-state index contributed by atoms with van der Waals surface area (Å²) in [6, 6.07) is 0.324. The standard InChI is InChI=1S/C21H24BrN7O2S2/c1-21(2,3)31-20(30)28-8-5-12(6-9-28)27(4)19-26-18-17(33-19)25-16(32-18)13-11-24-14(22)15-23-7-10-29(13)15/h7,10-12H,5-6,8-9H2,1-4H3. The van der Waals surface area contributed by atoms with Crippen molar-refractivity contribution in [1.82, 2.24) is 29.2 Å². The number of carbonyl (C=O) groups excluding carboxylic acids is 1. The van der Waals surface area contributed by atoms with Gasteiger partial charge in [-0.3, -0.25) is 4.40 Å². The van der Waals surface area contributed by atoms with Crippen LogP contribution in [0.1, 0.15) is 33.6 Å². The number of nitrogens with zero attached hydrogens (tertiary/aromatic N) is 7. The van der Waals surface area contributed by atoms with Crippen LogP contribution in [0.25, 0.3) is 26.0 Å². The fraction of sp³-hybridized carbons (Fsp3) is 0.476. The van der Waals surface area contributed by atoms with Crippen LogP contribution in [0.4, 0.5) is 9.93 Å². The first-order chi connectivity index (χ1) is 15.7. The van der Waals surface area contributed by atoms with Gasteiger partial charge in [0, 0.05) is 38.6 Å². The molecule has 12 heteroatoms. The van der Waals surface area contributed by atoms with Crippen molar-refractivity contribution in [3.63, 3.8) is 0 Å². The average molecular weight is 551 g/mol. The predicted molar refractivity (Wildman–Crippen MR) is 134 cm³/mol. The summed E-state index contributed by atoms with van der Waals surface area (Å²) in [6.07, 6.45) is 6.98. The average Bonchev–Trinajstić information content (AvgIpc) is 3.48. The summed E-state index contributed by atoms with van der Waals surface area (Å²) in [4.78, 5) is 36.6.